The van der Waals surface area contributed by atoms with Gasteiger partial charge in [-0.2, -0.15) is 0 Å². The molecule has 2 N–H and O–H groups in total. The van der Waals surface area contributed by atoms with Crippen molar-refractivity contribution < 1.29 is 9.90 Å². The number of fused-ring (bicyclic) bond motifs is 1. The molecule has 0 bridgehead atoms. The maximum absolute atomic E-state index is 10.5. The lowest BCUT2D eigenvalue weighted by atomic mass is 10.2. The maximum Gasteiger partial charge on any atom is 0.313 e. The molecule has 78 valence electrons. The van der Waals surface area contributed by atoms with Crippen molar-refractivity contribution in [3.05, 3.63) is 28.9 Å². The van der Waals surface area contributed by atoms with E-state index in [4.69, 9.17) is 5.11 Å². The van der Waals surface area contributed by atoms with Gasteiger partial charge >= 0.3 is 5.97 Å². The van der Waals surface area contributed by atoms with Crippen LogP contribution in [0, 0.1) is 0 Å². The third-order valence-electron chi connectivity index (χ3n) is 1.96. The fraction of sp³-hybridized carbons (Fsp3) is 0.100. The smallest absolute Gasteiger partial charge is 0.313 e. The average Bonchev–Trinajstić information content (AvgIpc) is 2.57. The summed E-state index contributed by atoms with van der Waals surface area (Å²) in [7, 11) is 0. The van der Waals surface area contributed by atoms with E-state index in [2.05, 4.69) is 20.9 Å². The summed E-state index contributed by atoms with van der Waals surface area (Å²) in [5, 5.41) is 9.65. The van der Waals surface area contributed by atoms with Gasteiger partial charge in [-0.05, 0) is 18.2 Å². The Balaban J connectivity index is 2.35. The van der Waals surface area contributed by atoms with Crippen LogP contribution in [0.3, 0.4) is 0 Å². The highest BCUT2D eigenvalue weighted by atomic mass is 79.9. The van der Waals surface area contributed by atoms with E-state index in [1.54, 1.807) is 0 Å². The molecule has 1 aromatic carbocycles. The summed E-state index contributed by atoms with van der Waals surface area (Å²) >= 11 is 4.71. The first-order chi connectivity index (χ1) is 7.16. The molecule has 0 saturated heterocycles. The number of rotatable bonds is 3. The molecular formula is C10H8BrNO2S. The number of aliphatic carboxylic acids is 1. The molecule has 0 radical (unpaired) electrons. The molecule has 0 saturated carbocycles. The van der Waals surface area contributed by atoms with Crippen molar-refractivity contribution in [2.24, 2.45) is 0 Å². The second kappa shape index (κ2) is 4.28. The first-order valence-electron chi connectivity index (χ1n) is 4.28. The lowest BCUT2D eigenvalue weighted by Crippen LogP contribution is -1.96. The van der Waals surface area contributed by atoms with Crippen molar-refractivity contribution in [2.75, 3.05) is 5.75 Å². The zero-order valence-corrected chi connectivity index (χ0v) is 10.1. The van der Waals surface area contributed by atoms with Crippen LogP contribution in [0.5, 0.6) is 0 Å². The largest absolute Gasteiger partial charge is 0.481 e. The molecule has 1 heterocycles. The van der Waals surface area contributed by atoms with Crippen LogP contribution in [0.25, 0.3) is 10.9 Å². The number of hydrogen-bond acceptors (Lipinski definition) is 2. The van der Waals surface area contributed by atoms with Gasteiger partial charge in [0.1, 0.15) is 0 Å². The third-order valence-corrected chi connectivity index (χ3v) is 3.49. The highest BCUT2D eigenvalue weighted by molar-refractivity contribution is 9.10. The van der Waals surface area contributed by atoms with Crippen LogP contribution in [0.2, 0.25) is 0 Å². The van der Waals surface area contributed by atoms with Gasteiger partial charge in [-0.3, -0.25) is 4.79 Å². The quantitative estimate of drug-likeness (QED) is 0.852. The van der Waals surface area contributed by atoms with Crippen LogP contribution in [-0.4, -0.2) is 21.8 Å². The number of nitrogens with one attached hydrogen (secondary N) is 1. The molecular weight excluding hydrogens is 278 g/mol. The molecule has 0 fully saturated rings. The minimum atomic E-state index is -0.802. The summed E-state index contributed by atoms with van der Waals surface area (Å²) in [6.07, 6.45) is 1.84. The number of carbonyl (C=O) groups is 1. The minimum absolute atomic E-state index is 0.0828. The van der Waals surface area contributed by atoms with Crippen LogP contribution in [0.15, 0.2) is 33.8 Å². The van der Waals surface area contributed by atoms with Crippen LogP contribution in [0.1, 0.15) is 0 Å². The Morgan fingerprint density at radius 3 is 3.07 bits per heavy atom. The topological polar surface area (TPSA) is 53.1 Å². The molecule has 0 aliphatic heterocycles. The van der Waals surface area contributed by atoms with E-state index in [0.29, 0.717) is 0 Å². The average molecular weight is 286 g/mol. The number of carboxylic acids is 1. The van der Waals surface area contributed by atoms with Gasteiger partial charge in [-0.15, -0.1) is 11.8 Å². The van der Waals surface area contributed by atoms with E-state index >= 15 is 0 Å². The molecule has 15 heavy (non-hydrogen) atoms. The number of aromatic nitrogens is 1. The van der Waals surface area contributed by atoms with Crippen molar-refractivity contribution in [3.63, 3.8) is 0 Å². The first-order valence-corrected chi connectivity index (χ1v) is 6.06. The highest BCUT2D eigenvalue weighted by Gasteiger charge is 2.06. The molecule has 2 rings (SSSR count). The van der Waals surface area contributed by atoms with Crippen molar-refractivity contribution in [1.82, 2.24) is 4.98 Å². The monoisotopic (exact) mass is 285 g/mol. The van der Waals surface area contributed by atoms with Gasteiger partial charge < -0.3 is 10.1 Å². The number of benzene rings is 1. The Morgan fingerprint density at radius 1 is 1.53 bits per heavy atom. The van der Waals surface area contributed by atoms with E-state index in [0.717, 1.165) is 20.3 Å². The summed E-state index contributed by atoms with van der Waals surface area (Å²) in [6, 6.07) is 5.89. The zero-order valence-electron chi connectivity index (χ0n) is 7.66. The summed E-state index contributed by atoms with van der Waals surface area (Å²) in [4.78, 5) is 14.5. The standard InChI is InChI=1S/C10H8BrNO2S/c11-6-1-2-8-7(3-6)9(4-12-8)15-5-10(13)14/h1-4,12H,5H2,(H,13,14). The van der Waals surface area contributed by atoms with E-state index in [1.807, 2.05) is 24.4 Å². The summed E-state index contributed by atoms with van der Waals surface area (Å²) < 4.78 is 0.992. The second-order valence-corrected chi connectivity index (χ2v) is 4.96. The summed E-state index contributed by atoms with van der Waals surface area (Å²) in [5.41, 5.74) is 1.02. The number of carboxylic acid groups (broad SMARTS) is 1. The molecule has 1 aromatic heterocycles. The number of hydrogen-bond donors (Lipinski definition) is 2. The Bertz CT molecular complexity index is 509. The summed E-state index contributed by atoms with van der Waals surface area (Å²) in [6.45, 7) is 0. The van der Waals surface area contributed by atoms with Gasteiger partial charge in [-0.1, -0.05) is 15.9 Å². The molecule has 0 spiro atoms. The van der Waals surface area contributed by atoms with Gasteiger partial charge in [0, 0.05) is 26.5 Å². The molecule has 2 aromatic rings. The van der Waals surface area contributed by atoms with E-state index in [-0.39, 0.29) is 5.75 Å². The second-order valence-electron chi connectivity index (χ2n) is 3.03. The van der Waals surface area contributed by atoms with Gasteiger partial charge in [0.25, 0.3) is 0 Å². The number of thioether (sulfide) groups is 1. The first kappa shape index (κ1) is 10.6. The normalized spacial score (nSPS) is 10.7. The molecule has 0 aliphatic rings. The Hall–Kier alpha value is -0.940. The lowest BCUT2D eigenvalue weighted by molar-refractivity contribution is -0.133. The van der Waals surface area contributed by atoms with Crippen molar-refractivity contribution in [2.45, 2.75) is 4.90 Å². The van der Waals surface area contributed by atoms with Crippen LogP contribution >= 0.6 is 27.7 Å². The van der Waals surface area contributed by atoms with Crippen LogP contribution in [0.4, 0.5) is 0 Å². The molecule has 0 aliphatic carbocycles. The van der Waals surface area contributed by atoms with E-state index in [9.17, 15) is 4.79 Å². The molecule has 3 nitrogen and oxygen atoms in total. The van der Waals surface area contributed by atoms with Crippen LogP contribution in [-0.2, 0) is 4.79 Å². The molecule has 0 unspecified atom stereocenters. The Labute approximate surface area is 99.0 Å². The van der Waals surface area contributed by atoms with Gasteiger partial charge in [0.15, 0.2) is 0 Å². The van der Waals surface area contributed by atoms with Gasteiger partial charge in [0.05, 0.1) is 5.75 Å². The predicted molar refractivity (Wildman–Crippen MR) is 64.4 cm³/mol. The predicted octanol–water partition coefficient (Wildman–Crippen LogP) is 3.11. The van der Waals surface area contributed by atoms with Crippen molar-refractivity contribution in [3.8, 4) is 0 Å². The Kier molecular flexibility index (Phi) is 3.02. The lowest BCUT2D eigenvalue weighted by Gasteiger charge is -1.96. The molecule has 5 heteroatoms. The SMILES string of the molecule is O=C(O)CSc1c[nH]c2ccc(Br)cc12. The maximum atomic E-state index is 10.5. The fourth-order valence-corrected chi connectivity index (χ4v) is 2.43. The number of H-pyrrole nitrogens is 1. The van der Waals surface area contributed by atoms with Crippen molar-refractivity contribution in [1.29, 1.82) is 0 Å². The number of halogens is 1. The van der Waals surface area contributed by atoms with Gasteiger partial charge in [0.2, 0.25) is 0 Å². The van der Waals surface area contributed by atoms with E-state index < -0.39 is 5.97 Å². The zero-order chi connectivity index (χ0) is 10.8. The minimum Gasteiger partial charge on any atom is -0.481 e. The number of aromatic amines is 1. The van der Waals surface area contributed by atoms with Gasteiger partial charge in [-0.25, -0.2) is 0 Å². The Morgan fingerprint density at radius 2 is 2.33 bits per heavy atom. The molecule has 0 atom stereocenters. The van der Waals surface area contributed by atoms with E-state index in [1.165, 1.54) is 11.8 Å². The van der Waals surface area contributed by atoms with Crippen molar-refractivity contribution >= 4 is 44.6 Å². The highest BCUT2D eigenvalue weighted by Crippen LogP contribution is 2.29. The molecule has 0 amide bonds. The van der Waals surface area contributed by atoms with Crippen LogP contribution < -0.4 is 0 Å². The third kappa shape index (κ3) is 2.35. The fourth-order valence-electron chi connectivity index (χ4n) is 1.33. The summed E-state index contributed by atoms with van der Waals surface area (Å²) in [5.74, 6) is -0.719.